The maximum Gasteiger partial charge on any atom is 0.275 e. The standard InChI is InChI=1S/C25H21FN10O/c1-25(2)17-19(23(37)30-16-9-11-29-34-16)31-21(32-20(17)33-24(25)27)18-14-7-5-10-28-22(14)36(35-18)12-13-6-3-4-8-15(13)26/h3-11H,12H2,1-2H3,(H2,27,31,32,33)(H2,29,30,34,37). The smallest absolute Gasteiger partial charge is 0.275 e. The van der Waals surface area contributed by atoms with Crippen LogP contribution in [-0.2, 0) is 12.0 Å². The van der Waals surface area contributed by atoms with Gasteiger partial charge in [-0.3, -0.25) is 9.89 Å². The molecule has 11 nitrogen and oxygen atoms in total. The van der Waals surface area contributed by atoms with E-state index in [0.29, 0.717) is 45.3 Å². The molecule has 1 aromatic carbocycles. The van der Waals surface area contributed by atoms with Crippen LogP contribution >= 0.6 is 0 Å². The number of halogens is 1. The molecule has 0 bridgehead atoms. The van der Waals surface area contributed by atoms with E-state index in [1.165, 1.54) is 12.3 Å². The van der Waals surface area contributed by atoms with E-state index in [1.807, 2.05) is 19.9 Å². The summed E-state index contributed by atoms with van der Waals surface area (Å²) in [5, 5.41) is 14.7. The van der Waals surface area contributed by atoms with Crippen molar-refractivity contribution in [3.05, 3.63) is 77.5 Å². The number of hydrogen-bond donors (Lipinski definition) is 3. The summed E-state index contributed by atoms with van der Waals surface area (Å²) in [5.74, 6) is 0.377. The lowest BCUT2D eigenvalue weighted by atomic mass is 9.84. The molecule has 1 aliphatic heterocycles. The van der Waals surface area contributed by atoms with Crippen LogP contribution < -0.4 is 11.1 Å². The van der Waals surface area contributed by atoms with E-state index in [2.05, 4.69) is 40.6 Å². The number of amides is 1. The number of hydrogen-bond acceptors (Lipinski definition) is 8. The Labute approximate surface area is 209 Å². The summed E-state index contributed by atoms with van der Waals surface area (Å²) in [4.78, 5) is 31.6. The number of aromatic nitrogens is 7. The number of carbonyl (C=O) groups is 1. The first-order valence-electron chi connectivity index (χ1n) is 11.5. The van der Waals surface area contributed by atoms with Crippen LogP contribution in [0.15, 0.2) is 59.9 Å². The summed E-state index contributed by atoms with van der Waals surface area (Å²) < 4.78 is 16.0. The zero-order valence-electron chi connectivity index (χ0n) is 19.9. The lowest BCUT2D eigenvalue weighted by Crippen LogP contribution is -2.34. The second kappa shape index (κ2) is 8.29. The lowest BCUT2D eigenvalue weighted by Gasteiger charge is -2.21. The number of pyridine rings is 1. The minimum absolute atomic E-state index is 0.115. The van der Waals surface area contributed by atoms with Gasteiger partial charge in [0.1, 0.15) is 28.9 Å². The number of carbonyl (C=O) groups excluding carboxylic acids is 1. The Hall–Kier alpha value is -5.00. The van der Waals surface area contributed by atoms with Crippen LogP contribution in [0.3, 0.4) is 0 Å². The third kappa shape index (κ3) is 3.69. The Morgan fingerprint density at radius 1 is 1.14 bits per heavy atom. The summed E-state index contributed by atoms with van der Waals surface area (Å²) >= 11 is 0. The molecule has 6 rings (SSSR count). The quantitative estimate of drug-likeness (QED) is 0.337. The molecule has 37 heavy (non-hydrogen) atoms. The van der Waals surface area contributed by atoms with Crippen LogP contribution in [-0.4, -0.2) is 46.7 Å². The van der Waals surface area contributed by atoms with Crippen LogP contribution in [0, 0.1) is 5.82 Å². The number of amidine groups is 1. The predicted molar refractivity (Wildman–Crippen MR) is 135 cm³/mol. The van der Waals surface area contributed by atoms with Gasteiger partial charge in [0.2, 0.25) is 0 Å². The molecule has 0 aliphatic carbocycles. The number of benzene rings is 1. The largest absolute Gasteiger partial charge is 0.386 e. The fraction of sp³-hybridized carbons (Fsp3) is 0.160. The zero-order chi connectivity index (χ0) is 25.7. The highest BCUT2D eigenvalue weighted by molar-refractivity contribution is 6.09. The predicted octanol–water partition coefficient (Wildman–Crippen LogP) is 3.33. The molecule has 12 heteroatoms. The monoisotopic (exact) mass is 496 g/mol. The van der Waals surface area contributed by atoms with Crippen molar-refractivity contribution in [2.24, 2.45) is 10.7 Å². The second-order valence-electron chi connectivity index (χ2n) is 9.11. The van der Waals surface area contributed by atoms with E-state index in [9.17, 15) is 9.18 Å². The number of anilines is 1. The van der Waals surface area contributed by atoms with Gasteiger partial charge in [-0.15, -0.1) is 0 Å². The van der Waals surface area contributed by atoms with Gasteiger partial charge in [0, 0.05) is 23.4 Å². The van der Waals surface area contributed by atoms with Crippen LogP contribution in [0.2, 0.25) is 0 Å². The normalized spacial score (nSPS) is 14.0. The van der Waals surface area contributed by atoms with Crippen LogP contribution in [0.4, 0.5) is 16.0 Å². The minimum atomic E-state index is -0.762. The topological polar surface area (TPSA) is 153 Å². The van der Waals surface area contributed by atoms with Crippen molar-refractivity contribution in [1.29, 1.82) is 0 Å². The molecule has 1 amide bonds. The number of nitrogens with one attached hydrogen (secondary N) is 2. The fourth-order valence-corrected chi connectivity index (χ4v) is 4.34. The number of rotatable bonds is 5. The number of nitrogens with two attached hydrogens (primary N) is 1. The Bertz CT molecular complexity index is 1700. The van der Waals surface area contributed by atoms with Gasteiger partial charge in [-0.2, -0.15) is 10.2 Å². The summed E-state index contributed by atoms with van der Waals surface area (Å²) in [7, 11) is 0. The highest BCUT2D eigenvalue weighted by atomic mass is 19.1. The molecule has 0 spiro atoms. The minimum Gasteiger partial charge on any atom is -0.386 e. The van der Waals surface area contributed by atoms with Gasteiger partial charge in [0.15, 0.2) is 17.3 Å². The molecular weight excluding hydrogens is 475 g/mol. The summed E-state index contributed by atoms with van der Waals surface area (Å²) in [6.07, 6.45) is 3.16. The molecule has 5 heterocycles. The van der Waals surface area contributed by atoms with E-state index in [1.54, 1.807) is 41.2 Å². The van der Waals surface area contributed by atoms with Crippen LogP contribution in [0.25, 0.3) is 22.6 Å². The molecule has 0 saturated carbocycles. The van der Waals surface area contributed by atoms with Gasteiger partial charge in [-0.25, -0.2) is 29.0 Å². The van der Waals surface area contributed by atoms with Crippen molar-refractivity contribution in [3.63, 3.8) is 0 Å². The number of fused-ring (bicyclic) bond motifs is 2. The SMILES string of the molecule is CC1(C)C(N)=Nc2nc(-c3nn(Cc4ccccc4F)c4ncccc34)nc(C(=O)Nc3ccn[nH]3)c21. The Morgan fingerprint density at radius 2 is 1.97 bits per heavy atom. The van der Waals surface area contributed by atoms with Crippen molar-refractivity contribution in [2.45, 2.75) is 25.8 Å². The van der Waals surface area contributed by atoms with E-state index < -0.39 is 11.3 Å². The maximum atomic E-state index is 14.4. The van der Waals surface area contributed by atoms with Gasteiger partial charge >= 0.3 is 0 Å². The van der Waals surface area contributed by atoms with E-state index in [-0.39, 0.29) is 23.9 Å². The number of H-pyrrole nitrogens is 1. The summed E-state index contributed by atoms with van der Waals surface area (Å²) in [6, 6.07) is 11.7. The molecule has 184 valence electrons. The van der Waals surface area contributed by atoms with Gasteiger partial charge < -0.3 is 11.1 Å². The molecular formula is C25H21FN10O. The number of nitrogens with zero attached hydrogens (tertiary/aromatic N) is 7. The molecule has 5 aromatic rings. The first-order valence-corrected chi connectivity index (χ1v) is 11.5. The van der Waals surface area contributed by atoms with E-state index in [4.69, 9.17) is 5.73 Å². The van der Waals surface area contributed by atoms with Crippen molar-refractivity contribution in [3.8, 4) is 11.5 Å². The first-order chi connectivity index (χ1) is 17.8. The number of aliphatic imine (C=N–C) groups is 1. The van der Waals surface area contributed by atoms with Crippen molar-refractivity contribution < 1.29 is 9.18 Å². The highest BCUT2D eigenvalue weighted by Gasteiger charge is 2.40. The van der Waals surface area contributed by atoms with Gasteiger partial charge in [0.25, 0.3) is 5.91 Å². The summed E-state index contributed by atoms with van der Waals surface area (Å²) in [5.41, 5.74) is 7.45. The molecule has 1 aliphatic rings. The second-order valence-corrected chi connectivity index (χ2v) is 9.11. The molecule has 0 saturated heterocycles. The van der Waals surface area contributed by atoms with Gasteiger partial charge in [-0.05, 0) is 32.0 Å². The first kappa shape index (κ1) is 22.5. The molecule has 4 aromatic heterocycles. The Morgan fingerprint density at radius 3 is 2.76 bits per heavy atom. The Balaban J connectivity index is 1.52. The highest BCUT2D eigenvalue weighted by Crippen LogP contribution is 2.40. The summed E-state index contributed by atoms with van der Waals surface area (Å²) in [6.45, 7) is 3.86. The third-order valence-corrected chi connectivity index (χ3v) is 6.34. The number of aromatic amines is 1. The maximum absolute atomic E-state index is 14.4. The Kier molecular flexibility index (Phi) is 5.04. The lowest BCUT2D eigenvalue weighted by molar-refractivity contribution is 0.102. The average molecular weight is 497 g/mol. The molecule has 4 N–H and O–H groups in total. The average Bonchev–Trinajstić information content (AvgIpc) is 3.58. The van der Waals surface area contributed by atoms with Crippen molar-refractivity contribution >= 4 is 34.4 Å². The zero-order valence-corrected chi connectivity index (χ0v) is 19.9. The van der Waals surface area contributed by atoms with E-state index >= 15 is 0 Å². The van der Waals surface area contributed by atoms with Gasteiger partial charge in [-0.1, -0.05) is 18.2 Å². The molecule has 0 radical (unpaired) electrons. The third-order valence-electron chi connectivity index (χ3n) is 6.34. The fourth-order valence-electron chi connectivity index (χ4n) is 4.34. The molecule has 0 fully saturated rings. The van der Waals surface area contributed by atoms with Crippen LogP contribution in [0.5, 0.6) is 0 Å². The van der Waals surface area contributed by atoms with Crippen LogP contribution in [0.1, 0.15) is 35.5 Å². The van der Waals surface area contributed by atoms with Crippen molar-refractivity contribution in [1.82, 2.24) is 34.9 Å². The molecule has 0 unspecified atom stereocenters. The van der Waals surface area contributed by atoms with Crippen molar-refractivity contribution in [2.75, 3.05) is 5.32 Å². The van der Waals surface area contributed by atoms with E-state index in [0.717, 1.165) is 0 Å². The van der Waals surface area contributed by atoms with Gasteiger partial charge in [0.05, 0.1) is 23.5 Å². The molecule has 0 atom stereocenters.